The number of hydrogen-bond acceptors (Lipinski definition) is 5. The number of carbonyl (C=O) groups is 1. The molecule has 2 aromatic heterocycles. The highest BCUT2D eigenvalue weighted by Crippen LogP contribution is 2.29. The lowest BCUT2D eigenvalue weighted by Gasteiger charge is -2.15. The Labute approximate surface area is 193 Å². The van der Waals surface area contributed by atoms with Gasteiger partial charge in [0.1, 0.15) is 11.9 Å². The van der Waals surface area contributed by atoms with E-state index in [1.165, 1.54) is 18.2 Å². The van der Waals surface area contributed by atoms with E-state index in [1.807, 2.05) is 30.5 Å². The molecule has 0 fully saturated rings. The van der Waals surface area contributed by atoms with Crippen molar-refractivity contribution in [3.05, 3.63) is 83.0 Å². The lowest BCUT2D eigenvalue weighted by molar-refractivity contribution is -0.119. The summed E-state index contributed by atoms with van der Waals surface area (Å²) in [5.74, 6) is 0.323. The minimum absolute atomic E-state index is 0.360. The van der Waals surface area contributed by atoms with Crippen LogP contribution >= 0.6 is 11.8 Å². The normalized spacial score (nSPS) is 13.5. The fourth-order valence-corrected chi connectivity index (χ4v) is 4.55. The standard InChI is InChI=1S/C24H20FN5O2S/c1-15(30-22(31)11-10-20(28-30)16-2-6-18(25)7-3-16)23(32)26-19-8-4-17(5-9-19)21-14-29-12-13-33-24(29)27-21/h2-11,14-15H,12-13H2,1H3,(H,26,32). The maximum absolute atomic E-state index is 13.2. The number of amides is 1. The molecular weight excluding hydrogens is 441 g/mol. The second-order valence-electron chi connectivity index (χ2n) is 7.70. The Morgan fingerprint density at radius 2 is 1.73 bits per heavy atom. The summed E-state index contributed by atoms with van der Waals surface area (Å²) in [6.45, 7) is 2.58. The molecule has 2 aromatic carbocycles. The molecule has 1 aliphatic heterocycles. The van der Waals surface area contributed by atoms with Gasteiger partial charge >= 0.3 is 0 Å². The smallest absolute Gasteiger partial charge is 0.267 e. The van der Waals surface area contributed by atoms with E-state index in [2.05, 4.69) is 20.0 Å². The average molecular weight is 462 g/mol. The van der Waals surface area contributed by atoms with Gasteiger partial charge in [-0.25, -0.2) is 14.1 Å². The van der Waals surface area contributed by atoms with Gasteiger partial charge in [0.25, 0.3) is 5.56 Å². The van der Waals surface area contributed by atoms with Gasteiger partial charge in [0, 0.05) is 41.4 Å². The van der Waals surface area contributed by atoms with Gasteiger partial charge in [-0.05, 0) is 49.4 Å². The van der Waals surface area contributed by atoms with Crippen molar-refractivity contribution in [1.29, 1.82) is 0 Å². The Bertz CT molecular complexity index is 1360. The molecule has 1 unspecified atom stereocenters. The van der Waals surface area contributed by atoms with Crippen LogP contribution < -0.4 is 10.9 Å². The Morgan fingerprint density at radius 3 is 2.45 bits per heavy atom. The first-order valence-corrected chi connectivity index (χ1v) is 11.4. The van der Waals surface area contributed by atoms with Gasteiger partial charge < -0.3 is 9.88 Å². The molecule has 3 heterocycles. The van der Waals surface area contributed by atoms with E-state index in [0.717, 1.165) is 33.4 Å². The van der Waals surface area contributed by atoms with Gasteiger partial charge in [0.05, 0.1) is 11.4 Å². The Kier molecular flexibility index (Phi) is 5.55. The van der Waals surface area contributed by atoms with Crippen LogP contribution in [-0.2, 0) is 11.3 Å². The van der Waals surface area contributed by atoms with Crippen molar-refractivity contribution in [3.8, 4) is 22.5 Å². The molecule has 0 saturated heterocycles. The Hall–Kier alpha value is -3.72. The van der Waals surface area contributed by atoms with E-state index >= 15 is 0 Å². The number of fused-ring (bicyclic) bond motifs is 1. The highest BCUT2D eigenvalue weighted by molar-refractivity contribution is 7.99. The highest BCUT2D eigenvalue weighted by Gasteiger charge is 2.19. The summed E-state index contributed by atoms with van der Waals surface area (Å²) in [7, 11) is 0. The number of aromatic nitrogens is 4. The van der Waals surface area contributed by atoms with Gasteiger partial charge in [0.15, 0.2) is 5.16 Å². The fourth-order valence-electron chi connectivity index (χ4n) is 3.61. The summed E-state index contributed by atoms with van der Waals surface area (Å²) in [6, 6.07) is 15.3. The van der Waals surface area contributed by atoms with E-state index in [-0.39, 0.29) is 11.7 Å². The number of benzene rings is 2. The second-order valence-corrected chi connectivity index (χ2v) is 8.76. The molecule has 0 radical (unpaired) electrons. The SMILES string of the molecule is CC(C(=O)Nc1ccc(-c2cn3c(n2)SCC3)cc1)n1nc(-c2ccc(F)cc2)ccc1=O. The number of hydrogen-bond donors (Lipinski definition) is 1. The van der Waals surface area contributed by atoms with Gasteiger partial charge in [0.2, 0.25) is 5.91 Å². The molecule has 1 N–H and O–H groups in total. The maximum Gasteiger partial charge on any atom is 0.267 e. The average Bonchev–Trinajstić information content (AvgIpc) is 3.43. The second kappa shape index (κ2) is 8.67. The number of nitrogens with one attached hydrogen (secondary N) is 1. The molecule has 1 aliphatic rings. The van der Waals surface area contributed by atoms with Crippen LogP contribution in [-0.4, -0.2) is 31.0 Å². The summed E-state index contributed by atoms with van der Waals surface area (Å²) in [5, 5.41) is 8.18. The van der Waals surface area contributed by atoms with E-state index in [4.69, 9.17) is 0 Å². The van der Waals surface area contributed by atoms with Gasteiger partial charge in [-0.1, -0.05) is 23.9 Å². The number of anilines is 1. The highest BCUT2D eigenvalue weighted by atomic mass is 32.2. The van der Waals surface area contributed by atoms with Crippen LogP contribution in [0.4, 0.5) is 10.1 Å². The molecule has 4 aromatic rings. The topological polar surface area (TPSA) is 81.8 Å². The third kappa shape index (κ3) is 4.31. The molecule has 0 spiro atoms. The first-order chi connectivity index (χ1) is 16.0. The molecule has 0 aliphatic carbocycles. The molecule has 1 atom stereocenters. The number of aryl methyl sites for hydroxylation is 1. The zero-order chi connectivity index (χ0) is 22.9. The quantitative estimate of drug-likeness (QED) is 0.481. The molecule has 166 valence electrons. The number of rotatable bonds is 5. The van der Waals surface area contributed by atoms with Gasteiger partial charge in [-0.2, -0.15) is 5.10 Å². The van der Waals surface area contributed by atoms with E-state index in [1.54, 1.807) is 36.9 Å². The van der Waals surface area contributed by atoms with Crippen molar-refractivity contribution in [2.24, 2.45) is 0 Å². The molecule has 0 saturated carbocycles. The summed E-state index contributed by atoms with van der Waals surface area (Å²) in [6.07, 6.45) is 2.04. The van der Waals surface area contributed by atoms with Gasteiger partial charge in [-0.3, -0.25) is 9.59 Å². The van der Waals surface area contributed by atoms with Crippen molar-refractivity contribution >= 4 is 23.4 Å². The summed E-state index contributed by atoms with van der Waals surface area (Å²) in [5.41, 5.74) is 3.20. The van der Waals surface area contributed by atoms with Crippen LogP contribution in [0.1, 0.15) is 13.0 Å². The Morgan fingerprint density at radius 1 is 1.03 bits per heavy atom. The van der Waals surface area contributed by atoms with Crippen LogP contribution in [0.15, 0.2) is 76.8 Å². The van der Waals surface area contributed by atoms with Crippen molar-refractivity contribution < 1.29 is 9.18 Å². The molecule has 9 heteroatoms. The fraction of sp³-hybridized carbons (Fsp3) is 0.167. The largest absolute Gasteiger partial charge is 0.325 e. The molecular formula is C24H20FN5O2S. The van der Waals surface area contributed by atoms with Crippen LogP contribution in [0.2, 0.25) is 0 Å². The summed E-state index contributed by atoms with van der Waals surface area (Å²) >= 11 is 1.74. The van der Waals surface area contributed by atoms with Crippen molar-refractivity contribution in [3.63, 3.8) is 0 Å². The first-order valence-electron chi connectivity index (χ1n) is 10.4. The zero-order valence-corrected chi connectivity index (χ0v) is 18.6. The van der Waals surface area contributed by atoms with E-state index < -0.39 is 11.6 Å². The van der Waals surface area contributed by atoms with Crippen LogP contribution in [0, 0.1) is 5.82 Å². The number of carbonyl (C=O) groups excluding carboxylic acids is 1. The summed E-state index contributed by atoms with van der Waals surface area (Å²) < 4.78 is 16.5. The number of halogens is 1. The van der Waals surface area contributed by atoms with Crippen LogP contribution in [0.25, 0.3) is 22.5 Å². The minimum Gasteiger partial charge on any atom is -0.325 e. The van der Waals surface area contributed by atoms with E-state index in [9.17, 15) is 14.0 Å². The maximum atomic E-state index is 13.2. The molecule has 0 bridgehead atoms. The first kappa shape index (κ1) is 21.1. The predicted molar refractivity (Wildman–Crippen MR) is 126 cm³/mol. The van der Waals surface area contributed by atoms with Crippen LogP contribution in [0.3, 0.4) is 0 Å². The molecule has 5 rings (SSSR count). The molecule has 7 nitrogen and oxygen atoms in total. The van der Waals surface area contributed by atoms with Gasteiger partial charge in [-0.15, -0.1) is 0 Å². The van der Waals surface area contributed by atoms with Crippen LogP contribution in [0.5, 0.6) is 0 Å². The lowest BCUT2D eigenvalue weighted by Crippen LogP contribution is -2.33. The van der Waals surface area contributed by atoms with Crippen molar-refractivity contribution in [2.45, 2.75) is 24.7 Å². The Balaban J connectivity index is 1.32. The summed E-state index contributed by atoms with van der Waals surface area (Å²) in [4.78, 5) is 29.8. The number of nitrogens with zero attached hydrogens (tertiary/aromatic N) is 4. The van der Waals surface area contributed by atoms with Crippen molar-refractivity contribution in [1.82, 2.24) is 19.3 Å². The lowest BCUT2D eigenvalue weighted by atomic mass is 10.1. The molecule has 1 amide bonds. The number of thioether (sulfide) groups is 1. The predicted octanol–water partition coefficient (Wildman–Crippen LogP) is 4.22. The third-order valence-corrected chi connectivity index (χ3v) is 6.43. The number of imidazole rings is 1. The van der Waals surface area contributed by atoms with Crippen molar-refractivity contribution in [2.75, 3.05) is 11.1 Å². The third-order valence-electron chi connectivity index (χ3n) is 5.46. The van der Waals surface area contributed by atoms with E-state index in [0.29, 0.717) is 16.9 Å². The molecule has 33 heavy (non-hydrogen) atoms. The monoisotopic (exact) mass is 461 g/mol. The minimum atomic E-state index is -0.842. The zero-order valence-electron chi connectivity index (χ0n) is 17.7.